The van der Waals surface area contributed by atoms with Crippen LogP contribution in [0.3, 0.4) is 0 Å². The molecule has 0 aromatic heterocycles. The van der Waals surface area contributed by atoms with Gasteiger partial charge in [0, 0.05) is 0 Å². The average molecular weight is 353 g/mol. The van der Waals surface area contributed by atoms with Gasteiger partial charge in [-0.1, -0.05) is 53.6 Å². The first-order valence-electron chi connectivity index (χ1n) is 10.0. The van der Waals surface area contributed by atoms with E-state index in [1.54, 1.807) is 5.57 Å². The van der Waals surface area contributed by atoms with Gasteiger partial charge in [-0.25, -0.2) is 0 Å². The largest absolute Gasteiger partial charge is 0.460 e. The predicted molar refractivity (Wildman–Crippen MR) is 107 cm³/mol. The standard InChI is InChI=1S/C24H32O2/c1-24(2,3)26-23(25)17-22-15-20-12-11-19(13-21(14-20)16-22)10-9-18-7-5-4-6-8-18/h4-8,10,15,20-21H,9,11-14,16-17H2,1-3H3. The number of hydrogen-bond donors (Lipinski definition) is 0. The van der Waals surface area contributed by atoms with E-state index in [4.69, 9.17) is 4.74 Å². The molecule has 2 unspecified atom stereocenters. The van der Waals surface area contributed by atoms with Gasteiger partial charge in [0.15, 0.2) is 0 Å². The number of esters is 1. The molecule has 0 amide bonds. The monoisotopic (exact) mass is 352 g/mol. The first-order chi connectivity index (χ1) is 12.4. The van der Waals surface area contributed by atoms with Crippen LogP contribution in [0.15, 0.2) is 53.6 Å². The maximum Gasteiger partial charge on any atom is 0.310 e. The normalized spacial score (nSPS) is 24.7. The Morgan fingerprint density at radius 1 is 1.19 bits per heavy atom. The molecule has 0 N–H and O–H groups in total. The van der Waals surface area contributed by atoms with Crippen LogP contribution in [0, 0.1) is 11.8 Å². The molecular formula is C24H32O2. The van der Waals surface area contributed by atoms with Crippen molar-refractivity contribution in [3.05, 3.63) is 59.2 Å². The van der Waals surface area contributed by atoms with Crippen molar-refractivity contribution in [2.24, 2.45) is 11.8 Å². The van der Waals surface area contributed by atoms with Gasteiger partial charge < -0.3 is 4.74 Å². The Kier molecular flexibility index (Phi) is 6.01. The third-order valence-electron chi connectivity index (χ3n) is 5.31. The number of carbonyl (C=O) groups excluding carboxylic acids is 1. The molecule has 2 nitrogen and oxygen atoms in total. The van der Waals surface area contributed by atoms with Gasteiger partial charge in [-0.3, -0.25) is 4.79 Å². The van der Waals surface area contributed by atoms with Crippen molar-refractivity contribution in [1.82, 2.24) is 0 Å². The maximum atomic E-state index is 12.2. The van der Waals surface area contributed by atoms with Crippen LogP contribution in [0.5, 0.6) is 0 Å². The smallest absolute Gasteiger partial charge is 0.310 e. The summed E-state index contributed by atoms with van der Waals surface area (Å²) in [6, 6.07) is 10.7. The van der Waals surface area contributed by atoms with Crippen LogP contribution in [-0.4, -0.2) is 11.6 Å². The average Bonchev–Trinajstić information content (AvgIpc) is 2.70. The molecule has 1 aromatic carbocycles. The van der Waals surface area contributed by atoms with Gasteiger partial charge in [0.2, 0.25) is 0 Å². The number of benzene rings is 1. The first kappa shape index (κ1) is 18.9. The third-order valence-corrected chi connectivity index (χ3v) is 5.31. The van der Waals surface area contributed by atoms with Crippen LogP contribution in [-0.2, 0) is 16.0 Å². The summed E-state index contributed by atoms with van der Waals surface area (Å²) < 4.78 is 5.51. The van der Waals surface area contributed by atoms with Crippen LogP contribution in [0.4, 0.5) is 0 Å². The number of carbonyl (C=O) groups is 1. The maximum absolute atomic E-state index is 12.2. The highest BCUT2D eigenvalue weighted by molar-refractivity contribution is 5.73. The highest BCUT2D eigenvalue weighted by Gasteiger charge is 2.28. The molecule has 0 spiro atoms. The number of ether oxygens (including phenoxy) is 1. The van der Waals surface area contributed by atoms with Crippen molar-refractivity contribution in [3.8, 4) is 0 Å². The molecule has 0 radical (unpaired) electrons. The number of fused-ring (bicyclic) bond motifs is 2. The quantitative estimate of drug-likeness (QED) is 0.489. The van der Waals surface area contributed by atoms with Crippen molar-refractivity contribution in [1.29, 1.82) is 0 Å². The van der Waals surface area contributed by atoms with E-state index in [1.165, 1.54) is 36.8 Å². The minimum Gasteiger partial charge on any atom is -0.460 e. The predicted octanol–water partition coefficient (Wildman–Crippen LogP) is 6.02. The first-order valence-corrected chi connectivity index (χ1v) is 10.0. The molecule has 0 saturated heterocycles. The summed E-state index contributed by atoms with van der Waals surface area (Å²) in [6.07, 6.45) is 12.3. The van der Waals surface area contributed by atoms with Gasteiger partial charge >= 0.3 is 5.97 Å². The molecule has 2 aliphatic rings. The topological polar surface area (TPSA) is 26.3 Å². The Labute approximate surface area is 158 Å². The lowest BCUT2D eigenvalue weighted by Gasteiger charge is -2.26. The van der Waals surface area contributed by atoms with Crippen LogP contribution >= 0.6 is 0 Å². The van der Waals surface area contributed by atoms with E-state index in [9.17, 15) is 4.79 Å². The fourth-order valence-corrected chi connectivity index (χ4v) is 4.31. The van der Waals surface area contributed by atoms with Crippen molar-refractivity contribution < 1.29 is 9.53 Å². The Morgan fingerprint density at radius 2 is 1.96 bits per heavy atom. The summed E-state index contributed by atoms with van der Waals surface area (Å²) in [5.74, 6) is 1.24. The van der Waals surface area contributed by atoms with Crippen molar-refractivity contribution in [2.75, 3.05) is 0 Å². The number of allylic oxidation sites excluding steroid dienone is 3. The Hall–Kier alpha value is -1.83. The van der Waals surface area contributed by atoms with Crippen LogP contribution in [0.1, 0.15) is 64.9 Å². The van der Waals surface area contributed by atoms with Gasteiger partial charge in [0.1, 0.15) is 5.60 Å². The van der Waals surface area contributed by atoms with Crippen LogP contribution < -0.4 is 0 Å². The molecule has 140 valence electrons. The highest BCUT2D eigenvalue weighted by atomic mass is 16.6. The summed E-state index contributed by atoms with van der Waals surface area (Å²) in [7, 11) is 0. The summed E-state index contributed by atoms with van der Waals surface area (Å²) in [5.41, 5.74) is 3.89. The lowest BCUT2D eigenvalue weighted by molar-refractivity contribution is -0.154. The Morgan fingerprint density at radius 3 is 2.69 bits per heavy atom. The van der Waals surface area contributed by atoms with E-state index >= 15 is 0 Å². The zero-order valence-electron chi connectivity index (χ0n) is 16.5. The molecular weight excluding hydrogens is 320 g/mol. The Bertz CT molecular complexity index is 676. The fourth-order valence-electron chi connectivity index (χ4n) is 4.31. The number of rotatable bonds is 4. The molecule has 2 aliphatic carbocycles. The van der Waals surface area contributed by atoms with E-state index in [-0.39, 0.29) is 5.97 Å². The minimum absolute atomic E-state index is 0.0813. The second-order valence-electron chi connectivity index (χ2n) is 8.95. The van der Waals surface area contributed by atoms with E-state index in [0.29, 0.717) is 18.3 Å². The second-order valence-corrected chi connectivity index (χ2v) is 8.95. The molecule has 3 rings (SSSR count). The number of hydrogen-bond acceptors (Lipinski definition) is 2. The van der Waals surface area contributed by atoms with Crippen molar-refractivity contribution >= 4 is 5.97 Å². The molecule has 2 atom stereocenters. The van der Waals surface area contributed by atoms with Gasteiger partial charge in [-0.05, 0) is 76.7 Å². The summed E-state index contributed by atoms with van der Waals surface area (Å²) in [4.78, 5) is 12.2. The van der Waals surface area contributed by atoms with Crippen molar-refractivity contribution in [3.63, 3.8) is 0 Å². The van der Waals surface area contributed by atoms with E-state index in [2.05, 4.69) is 42.5 Å². The molecule has 2 heteroatoms. The molecule has 1 fully saturated rings. The molecule has 0 aliphatic heterocycles. The van der Waals surface area contributed by atoms with Gasteiger partial charge in [0.25, 0.3) is 0 Å². The lowest BCUT2D eigenvalue weighted by Crippen LogP contribution is -2.24. The molecule has 1 saturated carbocycles. The van der Waals surface area contributed by atoms with E-state index in [1.807, 2.05) is 20.8 Å². The van der Waals surface area contributed by atoms with E-state index < -0.39 is 5.60 Å². The molecule has 2 bridgehead atoms. The van der Waals surface area contributed by atoms with Gasteiger partial charge in [-0.2, -0.15) is 0 Å². The molecule has 1 aromatic rings. The highest BCUT2D eigenvalue weighted by Crippen LogP contribution is 2.40. The second kappa shape index (κ2) is 8.24. The molecule has 26 heavy (non-hydrogen) atoms. The zero-order chi connectivity index (χ0) is 18.6. The lowest BCUT2D eigenvalue weighted by atomic mass is 9.80. The third kappa shape index (κ3) is 5.86. The Balaban J connectivity index is 1.58. The van der Waals surface area contributed by atoms with Crippen LogP contribution in [0.25, 0.3) is 0 Å². The van der Waals surface area contributed by atoms with Crippen LogP contribution in [0.2, 0.25) is 0 Å². The van der Waals surface area contributed by atoms with E-state index in [0.717, 1.165) is 12.8 Å². The molecule has 0 heterocycles. The summed E-state index contributed by atoms with van der Waals surface area (Å²) in [6.45, 7) is 5.80. The summed E-state index contributed by atoms with van der Waals surface area (Å²) in [5, 5.41) is 0. The SMILES string of the molecule is CC(C)(C)OC(=O)CC1=CC2CCC(=CCc3ccccc3)CC(C1)C2. The zero-order valence-corrected chi connectivity index (χ0v) is 16.5. The minimum atomic E-state index is -0.396. The van der Waals surface area contributed by atoms with Gasteiger partial charge in [0.05, 0.1) is 6.42 Å². The van der Waals surface area contributed by atoms with Gasteiger partial charge in [-0.15, -0.1) is 0 Å². The summed E-state index contributed by atoms with van der Waals surface area (Å²) >= 11 is 0. The fraction of sp³-hybridized carbons (Fsp3) is 0.542. The van der Waals surface area contributed by atoms with Crippen molar-refractivity contribution in [2.45, 2.75) is 71.3 Å².